The Bertz CT molecular complexity index is 973. The SMILES string of the molecule is C=CCn1c(-c2cccnc2)nn(CN2CCN(c3ccncc3)CC2)c1=S. The third-order valence-corrected chi connectivity index (χ3v) is 5.32. The lowest BCUT2D eigenvalue weighted by molar-refractivity contribution is 0.194. The van der Waals surface area contributed by atoms with Gasteiger partial charge >= 0.3 is 0 Å². The van der Waals surface area contributed by atoms with Crippen LogP contribution in [0.3, 0.4) is 0 Å². The first kappa shape index (κ1) is 18.5. The topological polar surface area (TPSA) is 55.0 Å². The summed E-state index contributed by atoms with van der Waals surface area (Å²) in [5, 5.41) is 4.79. The van der Waals surface area contributed by atoms with E-state index in [1.54, 1.807) is 6.20 Å². The van der Waals surface area contributed by atoms with Gasteiger partial charge in [-0.15, -0.1) is 6.58 Å². The smallest absolute Gasteiger partial charge is 0.199 e. The molecule has 0 bridgehead atoms. The van der Waals surface area contributed by atoms with Crippen molar-refractivity contribution in [2.45, 2.75) is 13.2 Å². The van der Waals surface area contributed by atoms with Crippen molar-refractivity contribution in [1.82, 2.24) is 29.2 Å². The van der Waals surface area contributed by atoms with E-state index in [2.05, 4.69) is 38.5 Å². The first-order valence-electron chi connectivity index (χ1n) is 9.32. The number of hydrogen-bond donors (Lipinski definition) is 0. The fourth-order valence-electron chi connectivity index (χ4n) is 3.43. The van der Waals surface area contributed by atoms with E-state index in [1.807, 2.05) is 46.0 Å². The van der Waals surface area contributed by atoms with E-state index in [-0.39, 0.29) is 0 Å². The Kier molecular flexibility index (Phi) is 5.59. The summed E-state index contributed by atoms with van der Waals surface area (Å²) in [5.41, 5.74) is 2.18. The van der Waals surface area contributed by atoms with E-state index in [9.17, 15) is 0 Å². The average molecular weight is 394 g/mol. The molecule has 0 N–H and O–H groups in total. The predicted octanol–water partition coefficient (Wildman–Crippen LogP) is 2.84. The van der Waals surface area contributed by atoms with E-state index in [0.717, 1.165) is 37.6 Å². The van der Waals surface area contributed by atoms with Gasteiger partial charge in [-0.05, 0) is 36.5 Å². The number of rotatable bonds is 6. The molecule has 0 aromatic carbocycles. The minimum atomic E-state index is 0.624. The number of piperazine rings is 1. The van der Waals surface area contributed by atoms with Gasteiger partial charge < -0.3 is 4.90 Å². The molecule has 1 aliphatic heterocycles. The third-order valence-electron chi connectivity index (χ3n) is 4.89. The summed E-state index contributed by atoms with van der Waals surface area (Å²) in [5.74, 6) is 0.827. The molecule has 0 spiro atoms. The van der Waals surface area contributed by atoms with Crippen molar-refractivity contribution in [3.8, 4) is 11.4 Å². The Balaban J connectivity index is 1.50. The van der Waals surface area contributed by atoms with Crippen molar-refractivity contribution < 1.29 is 0 Å². The molecule has 28 heavy (non-hydrogen) atoms. The Morgan fingerprint density at radius 2 is 1.82 bits per heavy atom. The molecule has 0 radical (unpaired) electrons. The van der Waals surface area contributed by atoms with Crippen LogP contribution in [-0.2, 0) is 13.2 Å². The second-order valence-corrected chi connectivity index (χ2v) is 7.06. The van der Waals surface area contributed by atoms with Crippen molar-refractivity contribution in [2.75, 3.05) is 31.1 Å². The highest BCUT2D eigenvalue weighted by Crippen LogP contribution is 2.19. The maximum absolute atomic E-state index is 5.70. The molecule has 7 nitrogen and oxygen atoms in total. The van der Waals surface area contributed by atoms with E-state index in [0.29, 0.717) is 18.0 Å². The van der Waals surface area contributed by atoms with Gasteiger partial charge in [0, 0.05) is 68.8 Å². The molecule has 0 atom stereocenters. The molecule has 0 amide bonds. The lowest BCUT2D eigenvalue weighted by Gasteiger charge is -2.35. The third kappa shape index (κ3) is 3.88. The molecule has 0 aliphatic carbocycles. The van der Waals surface area contributed by atoms with E-state index in [4.69, 9.17) is 17.3 Å². The Morgan fingerprint density at radius 3 is 2.50 bits per heavy atom. The molecule has 1 aliphatic rings. The summed E-state index contributed by atoms with van der Waals surface area (Å²) >= 11 is 5.70. The van der Waals surface area contributed by atoms with Crippen molar-refractivity contribution in [3.63, 3.8) is 0 Å². The maximum atomic E-state index is 5.70. The van der Waals surface area contributed by atoms with Crippen molar-refractivity contribution >= 4 is 17.9 Å². The predicted molar refractivity (Wildman–Crippen MR) is 113 cm³/mol. The van der Waals surface area contributed by atoms with Crippen LogP contribution in [0.1, 0.15) is 0 Å². The summed E-state index contributed by atoms with van der Waals surface area (Å²) < 4.78 is 4.62. The van der Waals surface area contributed by atoms with Gasteiger partial charge in [0.05, 0.1) is 6.67 Å². The first-order valence-corrected chi connectivity index (χ1v) is 9.73. The largest absolute Gasteiger partial charge is 0.369 e. The fraction of sp³-hybridized carbons (Fsp3) is 0.300. The van der Waals surface area contributed by atoms with E-state index < -0.39 is 0 Å². The molecular formula is C20H23N7S. The van der Waals surface area contributed by atoms with Crippen LogP contribution in [0.2, 0.25) is 0 Å². The first-order chi connectivity index (χ1) is 13.8. The Hall–Kier alpha value is -2.84. The number of nitrogens with zero attached hydrogens (tertiary/aromatic N) is 7. The zero-order chi connectivity index (χ0) is 19.3. The van der Waals surface area contributed by atoms with Crippen LogP contribution in [0, 0.1) is 4.77 Å². The van der Waals surface area contributed by atoms with Crippen LogP contribution < -0.4 is 4.90 Å². The molecule has 3 aromatic rings. The zero-order valence-electron chi connectivity index (χ0n) is 15.7. The Labute approximate surface area is 169 Å². The van der Waals surface area contributed by atoms with Crippen molar-refractivity contribution in [1.29, 1.82) is 0 Å². The molecule has 144 valence electrons. The molecule has 4 heterocycles. The van der Waals surface area contributed by atoms with Gasteiger partial charge in [-0.2, -0.15) is 5.10 Å². The van der Waals surface area contributed by atoms with Crippen molar-refractivity contribution in [3.05, 3.63) is 66.5 Å². The van der Waals surface area contributed by atoms with Crippen LogP contribution in [0.5, 0.6) is 0 Å². The average Bonchev–Trinajstić information content (AvgIpc) is 3.06. The molecule has 4 rings (SSSR count). The summed E-state index contributed by atoms with van der Waals surface area (Å²) in [4.78, 5) is 13.1. The molecular weight excluding hydrogens is 370 g/mol. The molecule has 0 saturated carbocycles. The van der Waals surface area contributed by atoms with Crippen LogP contribution in [0.25, 0.3) is 11.4 Å². The zero-order valence-corrected chi connectivity index (χ0v) is 16.5. The van der Waals surface area contributed by atoms with E-state index >= 15 is 0 Å². The highest BCUT2D eigenvalue weighted by molar-refractivity contribution is 7.71. The summed E-state index contributed by atoms with van der Waals surface area (Å²) in [6.45, 7) is 9.02. The normalized spacial score (nSPS) is 14.9. The summed E-state index contributed by atoms with van der Waals surface area (Å²) in [6, 6.07) is 8.03. The number of aromatic nitrogens is 5. The number of allylic oxidation sites excluding steroid dienone is 1. The molecule has 1 saturated heterocycles. The summed E-state index contributed by atoms with van der Waals surface area (Å²) in [7, 11) is 0. The second kappa shape index (κ2) is 8.45. The fourth-order valence-corrected chi connectivity index (χ4v) is 3.69. The van der Waals surface area contributed by atoms with Crippen molar-refractivity contribution in [2.24, 2.45) is 0 Å². The van der Waals surface area contributed by atoms with Crippen LogP contribution in [0.4, 0.5) is 5.69 Å². The maximum Gasteiger partial charge on any atom is 0.199 e. The highest BCUT2D eigenvalue weighted by Gasteiger charge is 2.19. The lowest BCUT2D eigenvalue weighted by atomic mass is 10.3. The minimum Gasteiger partial charge on any atom is -0.369 e. The van der Waals surface area contributed by atoms with Gasteiger partial charge in [0.1, 0.15) is 0 Å². The molecule has 8 heteroatoms. The monoisotopic (exact) mass is 393 g/mol. The molecule has 3 aromatic heterocycles. The van der Waals surface area contributed by atoms with E-state index in [1.165, 1.54) is 5.69 Å². The standard InChI is InChI=1S/C20H23N7S/c1-2-10-26-19(17-4-3-7-22-15-17)23-27(20(26)28)16-24-11-13-25(14-12-24)18-5-8-21-9-6-18/h2-9,15H,1,10-14,16H2. The van der Waals surface area contributed by atoms with Gasteiger partial charge in [0.15, 0.2) is 10.6 Å². The number of hydrogen-bond acceptors (Lipinski definition) is 6. The van der Waals surface area contributed by atoms with Gasteiger partial charge in [-0.3, -0.25) is 19.4 Å². The number of anilines is 1. The van der Waals surface area contributed by atoms with Crippen LogP contribution in [0.15, 0.2) is 61.7 Å². The van der Waals surface area contributed by atoms with Crippen LogP contribution >= 0.6 is 12.2 Å². The molecule has 0 unspecified atom stereocenters. The van der Waals surface area contributed by atoms with Gasteiger partial charge in [0.2, 0.25) is 0 Å². The highest BCUT2D eigenvalue weighted by atomic mass is 32.1. The van der Waals surface area contributed by atoms with Gasteiger partial charge in [-0.1, -0.05) is 6.08 Å². The van der Waals surface area contributed by atoms with Gasteiger partial charge in [0.25, 0.3) is 0 Å². The number of pyridine rings is 2. The second-order valence-electron chi connectivity index (χ2n) is 6.70. The van der Waals surface area contributed by atoms with Gasteiger partial charge in [-0.25, -0.2) is 4.68 Å². The lowest BCUT2D eigenvalue weighted by Crippen LogP contribution is -2.47. The molecule has 1 fully saturated rings. The minimum absolute atomic E-state index is 0.624. The quantitative estimate of drug-likeness (QED) is 0.474. The van der Waals surface area contributed by atoms with Crippen LogP contribution in [-0.4, -0.2) is 55.4 Å². The summed E-state index contributed by atoms with van der Waals surface area (Å²) in [6.07, 6.45) is 9.10. The Morgan fingerprint density at radius 1 is 1.04 bits per heavy atom.